The van der Waals surface area contributed by atoms with Gasteiger partial charge in [-0.2, -0.15) is 9.40 Å². The predicted molar refractivity (Wildman–Crippen MR) is 128 cm³/mol. The molecule has 0 radical (unpaired) electrons. The van der Waals surface area contributed by atoms with Gasteiger partial charge in [-0.15, -0.1) is 0 Å². The molecule has 0 unspecified atom stereocenters. The van der Waals surface area contributed by atoms with Gasteiger partial charge in [-0.25, -0.2) is 8.42 Å². The van der Waals surface area contributed by atoms with E-state index >= 15 is 0 Å². The number of halogens is 1. The van der Waals surface area contributed by atoms with E-state index in [0.29, 0.717) is 37.7 Å². The van der Waals surface area contributed by atoms with Crippen molar-refractivity contribution in [3.63, 3.8) is 0 Å². The Balaban J connectivity index is 1.48. The van der Waals surface area contributed by atoms with E-state index in [-0.39, 0.29) is 10.6 Å². The number of nitrogens with zero attached hydrogens (tertiary/aromatic N) is 4. The maximum Gasteiger partial charge on any atom is 0.263 e. The molecule has 2 aromatic carbocycles. The van der Waals surface area contributed by atoms with Gasteiger partial charge in [0.05, 0.1) is 5.56 Å². The average Bonchev–Trinajstić information content (AvgIpc) is 3.22. The Morgan fingerprint density at radius 2 is 1.73 bits per heavy atom. The summed E-state index contributed by atoms with van der Waals surface area (Å²) in [6.07, 6.45) is 1.45. The Morgan fingerprint density at radius 1 is 1.06 bits per heavy atom. The van der Waals surface area contributed by atoms with E-state index in [2.05, 4.69) is 15.3 Å². The van der Waals surface area contributed by atoms with Crippen molar-refractivity contribution >= 4 is 33.2 Å². The maximum atomic E-state index is 13.4. The Kier molecular flexibility index (Phi) is 6.73. The van der Waals surface area contributed by atoms with Gasteiger partial charge in [0.1, 0.15) is 0 Å². The van der Waals surface area contributed by atoms with Crippen molar-refractivity contribution in [1.29, 1.82) is 0 Å². The molecule has 3 aromatic rings. The number of hydrogen-bond acceptors (Lipinski definition) is 5. The summed E-state index contributed by atoms with van der Waals surface area (Å²) in [5.74, 6) is -0.468. The van der Waals surface area contributed by atoms with E-state index in [1.54, 1.807) is 7.05 Å². The average molecular weight is 488 g/mol. The topological polar surface area (TPSA) is 87.5 Å². The largest absolute Gasteiger partial charge is 0.369 e. The zero-order valence-electron chi connectivity index (χ0n) is 18.5. The molecule has 0 spiro atoms. The number of carbonyl (C=O) groups excluding carboxylic acids is 1. The van der Waals surface area contributed by atoms with Crippen molar-refractivity contribution in [2.75, 3.05) is 31.1 Å². The number of amides is 1. The van der Waals surface area contributed by atoms with Crippen molar-refractivity contribution in [2.45, 2.75) is 18.5 Å². The van der Waals surface area contributed by atoms with Crippen LogP contribution in [0.5, 0.6) is 0 Å². The highest BCUT2D eigenvalue weighted by molar-refractivity contribution is 7.89. The second-order valence-corrected chi connectivity index (χ2v) is 10.3. The van der Waals surface area contributed by atoms with Gasteiger partial charge in [-0.05, 0) is 42.3 Å². The predicted octanol–water partition coefficient (Wildman–Crippen LogP) is 2.82. The van der Waals surface area contributed by atoms with Crippen LogP contribution in [0.1, 0.15) is 21.5 Å². The maximum absolute atomic E-state index is 13.4. The number of aromatic nitrogens is 2. The lowest BCUT2D eigenvalue weighted by Gasteiger charge is -2.35. The molecular formula is C23H26ClN5O3S. The number of anilines is 1. The fourth-order valence-corrected chi connectivity index (χ4v) is 5.52. The summed E-state index contributed by atoms with van der Waals surface area (Å²) in [6, 6.07) is 15.2. The third-order valence-corrected chi connectivity index (χ3v) is 7.84. The van der Waals surface area contributed by atoms with Gasteiger partial charge in [0.25, 0.3) is 15.9 Å². The SMILES string of the molecule is Cc1ccccc1CNC(=O)c1cn(C)nc1S(=O)(=O)N1CCN(c2ccc(Cl)cc2)CC1. The fraction of sp³-hybridized carbons (Fsp3) is 0.304. The van der Waals surface area contributed by atoms with Crippen molar-refractivity contribution in [3.8, 4) is 0 Å². The highest BCUT2D eigenvalue weighted by Crippen LogP contribution is 2.24. The van der Waals surface area contributed by atoms with Crippen LogP contribution in [0.4, 0.5) is 5.69 Å². The zero-order valence-corrected chi connectivity index (χ0v) is 20.1. The number of carbonyl (C=O) groups is 1. The van der Waals surface area contributed by atoms with Gasteiger partial charge in [0.2, 0.25) is 5.03 Å². The first kappa shape index (κ1) is 23.3. The monoisotopic (exact) mass is 487 g/mol. The van der Waals surface area contributed by atoms with Gasteiger partial charge < -0.3 is 10.2 Å². The van der Waals surface area contributed by atoms with Crippen LogP contribution in [0.15, 0.2) is 59.8 Å². The molecule has 8 nitrogen and oxygen atoms in total. The highest BCUT2D eigenvalue weighted by atomic mass is 35.5. The van der Waals surface area contributed by atoms with E-state index in [0.717, 1.165) is 16.8 Å². The standard InChI is InChI=1S/C23H26ClN5O3S/c1-17-5-3-4-6-18(17)15-25-22(30)21-16-27(2)26-23(21)33(31,32)29-13-11-28(12-14-29)20-9-7-19(24)8-10-20/h3-10,16H,11-15H2,1-2H3,(H,25,30). The minimum atomic E-state index is -3.93. The molecule has 1 N–H and O–H groups in total. The Labute approximate surface area is 198 Å². The Bertz CT molecular complexity index is 1250. The lowest BCUT2D eigenvalue weighted by Crippen LogP contribution is -2.49. The summed E-state index contributed by atoms with van der Waals surface area (Å²) in [4.78, 5) is 15.0. The number of benzene rings is 2. The molecule has 10 heteroatoms. The number of sulfonamides is 1. The third-order valence-electron chi connectivity index (χ3n) is 5.75. The third kappa shape index (κ3) is 5.05. The first-order valence-electron chi connectivity index (χ1n) is 10.6. The molecular weight excluding hydrogens is 462 g/mol. The first-order valence-corrected chi connectivity index (χ1v) is 12.4. The molecule has 0 atom stereocenters. The summed E-state index contributed by atoms with van der Waals surface area (Å²) in [5.41, 5.74) is 3.06. The van der Waals surface area contributed by atoms with Gasteiger partial charge >= 0.3 is 0 Å². The minimum absolute atomic E-state index is 0.0474. The first-order chi connectivity index (χ1) is 15.8. The number of rotatable bonds is 6. The highest BCUT2D eigenvalue weighted by Gasteiger charge is 2.34. The van der Waals surface area contributed by atoms with Crippen LogP contribution in [-0.4, -0.2) is 54.6 Å². The normalized spacial score (nSPS) is 14.9. The van der Waals surface area contributed by atoms with E-state index in [1.165, 1.54) is 15.2 Å². The summed E-state index contributed by atoms with van der Waals surface area (Å²) in [5, 5.41) is 7.40. The van der Waals surface area contributed by atoms with Crippen LogP contribution < -0.4 is 10.2 Å². The second kappa shape index (κ2) is 9.54. The van der Waals surface area contributed by atoms with Crippen LogP contribution in [0.2, 0.25) is 5.02 Å². The van der Waals surface area contributed by atoms with Gasteiger partial charge in [0, 0.05) is 56.7 Å². The van der Waals surface area contributed by atoms with E-state index in [9.17, 15) is 13.2 Å². The molecule has 1 aliphatic heterocycles. The van der Waals surface area contributed by atoms with E-state index < -0.39 is 15.9 Å². The smallest absolute Gasteiger partial charge is 0.263 e. The fourth-order valence-electron chi connectivity index (χ4n) is 3.85. The second-order valence-electron chi connectivity index (χ2n) is 8.00. The van der Waals surface area contributed by atoms with Crippen LogP contribution >= 0.6 is 11.6 Å². The quantitative estimate of drug-likeness (QED) is 0.577. The van der Waals surface area contributed by atoms with Gasteiger partial charge in [0.15, 0.2) is 0 Å². The van der Waals surface area contributed by atoms with E-state index in [1.807, 2.05) is 55.5 Å². The molecule has 1 fully saturated rings. The lowest BCUT2D eigenvalue weighted by molar-refractivity contribution is 0.0947. The van der Waals surface area contributed by atoms with Crippen LogP contribution in [0.25, 0.3) is 0 Å². The Morgan fingerprint density at radius 3 is 2.39 bits per heavy atom. The van der Waals surface area contributed by atoms with Crippen molar-refractivity contribution in [2.24, 2.45) is 7.05 Å². The number of nitrogens with one attached hydrogen (secondary N) is 1. The summed E-state index contributed by atoms with van der Waals surface area (Å²) in [6.45, 7) is 3.92. The summed E-state index contributed by atoms with van der Waals surface area (Å²) >= 11 is 5.96. The Hall–Kier alpha value is -2.88. The molecule has 174 valence electrons. The minimum Gasteiger partial charge on any atom is -0.369 e. The summed E-state index contributed by atoms with van der Waals surface area (Å²) in [7, 11) is -2.32. The molecule has 0 saturated carbocycles. The zero-order chi connectivity index (χ0) is 23.6. The molecule has 1 aliphatic rings. The number of aryl methyl sites for hydroxylation is 2. The van der Waals surface area contributed by atoms with Crippen molar-refractivity contribution < 1.29 is 13.2 Å². The van der Waals surface area contributed by atoms with Gasteiger partial charge in [-0.3, -0.25) is 9.48 Å². The molecule has 0 aliphatic carbocycles. The molecule has 33 heavy (non-hydrogen) atoms. The summed E-state index contributed by atoms with van der Waals surface area (Å²) < 4.78 is 29.5. The molecule has 1 amide bonds. The van der Waals surface area contributed by atoms with Crippen LogP contribution in [0, 0.1) is 6.92 Å². The number of piperazine rings is 1. The molecule has 2 heterocycles. The van der Waals surface area contributed by atoms with Crippen molar-refractivity contribution in [3.05, 3.63) is 76.4 Å². The van der Waals surface area contributed by atoms with E-state index in [4.69, 9.17) is 11.6 Å². The van der Waals surface area contributed by atoms with Gasteiger partial charge in [-0.1, -0.05) is 35.9 Å². The molecule has 0 bridgehead atoms. The van der Waals surface area contributed by atoms with Crippen LogP contribution in [0.3, 0.4) is 0 Å². The lowest BCUT2D eigenvalue weighted by atomic mass is 10.1. The molecule has 1 aromatic heterocycles. The van der Waals surface area contributed by atoms with Crippen molar-refractivity contribution in [1.82, 2.24) is 19.4 Å². The number of hydrogen-bond donors (Lipinski definition) is 1. The van der Waals surface area contributed by atoms with Crippen LogP contribution in [-0.2, 0) is 23.6 Å². The molecule has 4 rings (SSSR count). The molecule has 1 saturated heterocycles.